The quantitative estimate of drug-likeness (QED) is 0.665. The number of nitrogens with one attached hydrogen (secondary N) is 1. The van der Waals surface area contributed by atoms with Crippen LogP contribution in [0.15, 0.2) is 41.8 Å². The second-order valence-electron chi connectivity index (χ2n) is 5.47. The second kappa shape index (κ2) is 7.76. The molecule has 0 aliphatic heterocycles. The van der Waals surface area contributed by atoms with Crippen molar-refractivity contribution in [3.63, 3.8) is 0 Å². The summed E-state index contributed by atoms with van der Waals surface area (Å²) in [5.74, 6) is 0.754. The molecule has 0 aliphatic carbocycles. The SMILES string of the molecule is COc1ccc(C(=O)Nc2ccc(-c3csc(C)n3)c(Cl)c2)c(OC)c1. The molecule has 0 saturated carbocycles. The number of aryl methyl sites for hydroxylation is 1. The van der Waals surface area contributed by atoms with E-state index in [0.29, 0.717) is 27.8 Å². The average Bonchev–Trinajstić information content (AvgIpc) is 3.07. The normalized spacial score (nSPS) is 10.5. The van der Waals surface area contributed by atoms with E-state index in [1.165, 1.54) is 7.11 Å². The van der Waals surface area contributed by atoms with Crippen LogP contribution < -0.4 is 14.8 Å². The molecule has 0 atom stereocenters. The van der Waals surface area contributed by atoms with Gasteiger partial charge in [0.25, 0.3) is 5.91 Å². The molecule has 1 N–H and O–H groups in total. The first-order valence-corrected chi connectivity index (χ1v) is 9.03. The van der Waals surface area contributed by atoms with Gasteiger partial charge in [-0.1, -0.05) is 11.6 Å². The number of thiazole rings is 1. The van der Waals surface area contributed by atoms with Crippen molar-refractivity contribution < 1.29 is 14.3 Å². The molecule has 0 unspecified atom stereocenters. The fraction of sp³-hybridized carbons (Fsp3) is 0.158. The third-order valence-electron chi connectivity index (χ3n) is 3.78. The number of benzene rings is 2. The molecular formula is C19H17ClN2O3S. The molecule has 26 heavy (non-hydrogen) atoms. The molecule has 3 aromatic rings. The molecule has 0 aliphatic rings. The summed E-state index contributed by atoms with van der Waals surface area (Å²) in [6.07, 6.45) is 0. The molecule has 0 spiro atoms. The highest BCUT2D eigenvalue weighted by atomic mass is 35.5. The van der Waals surface area contributed by atoms with E-state index < -0.39 is 0 Å². The van der Waals surface area contributed by atoms with E-state index in [2.05, 4.69) is 10.3 Å². The largest absolute Gasteiger partial charge is 0.497 e. The highest BCUT2D eigenvalue weighted by Gasteiger charge is 2.15. The molecular weight excluding hydrogens is 372 g/mol. The molecule has 1 aromatic heterocycles. The Morgan fingerprint density at radius 3 is 2.58 bits per heavy atom. The van der Waals surface area contributed by atoms with Crippen LogP contribution in [0, 0.1) is 6.92 Å². The van der Waals surface area contributed by atoms with Gasteiger partial charge in [0.05, 0.1) is 35.5 Å². The van der Waals surface area contributed by atoms with Crippen molar-refractivity contribution in [2.45, 2.75) is 6.92 Å². The van der Waals surface area contributed by atoms with E-state index >= 15 is 0 Å². The van der Waals surface area contributed by atoms with Crippen LogP contribution in [0.2, 0.25) is 5.02 Å². The minimum atomic E-state index is -0.294. The van der Waals surface area contributed by atoms with Crippen molar-refractivity contribution in [1.29, 1.82) is 0 Å². The summed E-state index contributed by atoms with van der Waals surface area (Å²) >= 11 is 7.94. The Kier molecular flexibility index (Phi) is 5.44. The first-order chi connectivity index (χ1) is 12.5. The smallest absolute Gasteiger partial charge is 0.259 e. The van der Waals surface area contributed by atoms with Gasteiger partial charge in [0.1, 0.15) is 11.5 Å². The van der Waals surface area contributed by atoms with Gasteiger partial charge in [-0.25, -0.2) is 4.98 Å². The van der Waals surface area contributed by atoms with Crippen molar-refractivity contribution >= 4 is 34.5 Å². The van der Waals surface area contributed by atoms with Gasteiger partial charge < -0.3 is 14.8 Å². The van der Waals surface area contributed by atoms with E-state index in [0.717, 1.165) is 16.3 Å². The van der Waals surface area contributed by atoms with Crippen molar-refractivity contribution in [3.8, 4) is 22.8 Å². The molecule has 134 valence electrons. The minimum Gasteiger partial charge on any atom is -0.497 e. The average molecular weight is 389 g/mol. The Balaban J connectivity index is 1.83. The van der Waals surface area contributed by atoms with Gasteiger partial charge >= 0.3 is 0 Å². The van der Waals surface area contributed by atoms with Crippen molar-refractivity contribution in [2.24, 2.45) is 0 Å². The van der Waals surface area contributed by atoms with Crippen LogP contribution in [-0.4, -0.2) is 25.1 Å². The Bertz CT molecular complexity index is 956. The first-order valence-electron chi connectivity index (χ1n) is 7.77. The lowest BCUT2D eigenvalue weighted by atomic mass is 10.1. The summed E-state index contributed by atoms with van der Waals surface area (Å²) < 4.78 is 10.4. The van der Waals surface area contributed by atoms with E-state index in [4.69, 9.17) is 21.1 Å². The summed E-state index contributed by atoms with van der Waals surface area (Å²) in [6, 6.07) is 10.4. The highest BCUT2D eigenvalue weighted by Crippen LogP contribution is 2.32. The van der Waals surface area contributed by atoms with Crippen molar-refractivity contribution in [2.75, 3.05) is 19.5 Å². The molecule has 0 radical (unpaired) electrons. The summed E-state index contributed by atoms with van der Waals surface area (Å²) in [6.45, 7) is 1.94. The van der Waals surface area contributed by atoms with Crippen molar-refractivity contribution in [3.05, 3.63) is 57.4 Å². The number of halogens is 1. The number of amides is 1. The van der Waals surface area contributed by atoms with E-state index in [1.54, 1.807) is 48.8 Å². The molecule has 0 fully saturated rings. The topological polar surface area (TPSA) is 60.5 Å². The van der Waals surface area contributed by atoms with Crippen LogP contribution in [0.1, 0.15) is 15.4 Å². The third kappa shape index (κ3) is 3.81. The van der Waals surface area contributed by atoms with Crippen molar-refractivity contribution in [1.82, 2.24) is 4.98 Å². The van der Waals surface area contributed by atoms with Gasteiger partial charge in [-0.15, -0.1) is 11.3 Å². The fourth-order valence-electron chi connectivity index (χ4n) is 2.47. The number of carbonyl (C=O) groups is 1. The number of hydrogen-bond donors (Lipinski definition) is 1. The van der Waals surface area contributed by atoms with Crippen LogP contribution in [0.4, 0.5) is 5.69 Å². The molecule has 0 saturated heterocycles. The zero-order valence-electron chi connectivity index (χ0n) is 14.5. The molecule has 5 nitrogen and oxygen atoms in total. The summed E-state index contributed by atoms with van der Waals surface area (Å²) in [5.41, 5.74) is 2.65. The molecule has 0 bridgehead atoms. The zero-order valence-corrected chi connectivity index (χ0v) is 16.1. The third-order valence-corrected chi connectivity index (χ3v) is 4.86. The lowest BCUT2D eigenvalue weighted by molar-refractivity contribution is 0.102. The number of hydrogen-bond acceptors (Lipinski definition) is 5. The van der Waals surface area contributed by atoms with Crippen LogP contribution in [0.5, 0.6) is 11.5 Å². The van der Waals surface area contributed by atoms with E-state index in [1.807, 2.05) is 18.4 Å². The summed E-state index contributed by atoms with van der Waals surface area (Å²) in [4.78, 5) is 17.0. The lowest BCUT2D eigenvalue weighted by Crippen LogP contribution is -2.13. The fourth-order valence-corrected chi connectivity index (χ4v) is 3.36. The number of ether oxygens (including phenoxy) is 2. The van der Waals surface area contributed by atoms with E-state index in [9.17, 15) is 4.79 Å². The molecule has 1 amide bonds. The Hall–Kier alpha value is -2.57. The number of rotatable bonds is 5. The summed E-state index contributed by atoms with van der Waals surface area (Å²) in [7, 11) is 3.06. The highest BCUT2D eigenvalue weighted by molar-refractivity contribution is 7.09. The Morgan fingerprint density at radius 2 is 1.96 bits per heavy atom. The predicted molar refractivity (Wildman–Crippen MR) is 105 cm³/mol. The van der Waals surface area contributed by atoms with Gasteiger partial charge in [-0.3, -0.25) is 4.79 Å². The first kappa shape index (κ1) is 18.2. The molecule has 2 aromatic carbocycles. The Morgan fingerprint density at radius 1 is 1.15 bits per heavy atom. The zero-order chi connectivity index (χ0) is 18.7. The van der Waals surface area contributed by atoms with Gasteiger partial charge in [0.15, 0.2) is 0 Å². The standard InChI is InChI=1S/C19H17ClN2O3S/c1-11-21-17(10-26-11)14-6-4-12(8-16(14)20)22-19(23)15-7-5-13(24-2)9-18(15)25-3/h4-10H,1-3H3,(H,22,23). The second-order valence-corrected chi connectivity index (χ2v) is 6.94. The number of methoxy groups -OCH3 is 2. The van der Waals surface area contributed by atoms with Gasteiger partial charge in [0.2, 0.25) is 0 Å². The van der Waals surface area contributed by atoms with Crippen LogP contribution in [0.25, 0.3) is 11.3 Å². The van der Waals surface area contributed by atoms with Crippen LogP contribution in [-0.2, 0) is 0 Å². The Labute approximate surface area is 160 Å². The van der Waals surface area contributed by atoms with Crippen LogP contribution in [0.3, 0.4) is 0 Å². The lowest BCUT2D eigenvalue weighted by Gasteiger charge is -2.11. The number of anilines is 1. The minimum absolute atomic E-state index is 0.294. The number of nitrogens with zero attached hydrogens (tertiary/aromatic N) is 1. The maximum absolute atomic E-state index is 12.6. The van der Waals surface area contributed by atoms with Gasteiger partial charge in [-0.05, 0) is 37.3 Å². The maximum atomic E-state index is 12.6. The number of carbonyl (C=O) groups excluding carboxylic acids is 1. The number of aromatic nitrogens is 1. The summed E-state index contributed by atoms with van der Waals surface area (Å²) in [5, 5.41) is 6.28. The molecule has 7 heteroatoms. The molecule has 3 rings (SSSR count). The molecule has 1 heterocycles. The monoisotopic (exact) mass is 388 g/mol. The van der Waals surface area contributed by atoms with Gasteiger partial charge in [-0.2, -0.15) is 0 Å². The maximum Gasteiger partial charge on any atom is 0.259 e. The van der Waals surface area contributed by atoms with E-state index in [-0.39, 0.29) is 5.91 Å². The van der Waals surface area contributed by atoms with Gasteiger partial charge in [0, 0.05) is 22.7 Å². The predicted octanol–water partition coefficient (Wildman–Crippen LogP) is 5.04. The van der Waals surface area contributed by atoms with Crippen LogP contribution >= 0.6 is 22.9 Å².